The fourth-order valence-corrected chi connectivity index (χ4v) is 3.73. The van der Waals surface area contributed by atoms with Crippen LogP contribution in [0.5, 0.6) is 0 Å². The maximum atomic E-state index is 11.1. The van der Waals surface area contributed by atoms with Crippen molar-refractivity contribution in [1.29, 1.82) is 0 Å². The van der Waals surface area contributed by atoms with Gasteiger partial charge in [-0.15, -0.1) is 0 Å². The van der Waals surface area contributed by atoms with Crippen molar-refractivity contribution < 1.29 is 5.11 Å². The molecule has 1 heterocycles. The molecule has 2 unspecified atom stereocenters. The number of unbranched alkanes of at least 4 members (excludes halogenated alkanes) is 1. The largest absolute Gasteiger partial charge is 0.384 e. The Morgan fingerprint density at radius 1 is 1.12 bits per heavy atom. The summed E-state index contributed by atoms with van der Waals surface area (Å²) < 4.78 is 0. The van der Waals surface area contributed by atoms with Gasteiger partial charge in [-0.25, -0.2) is 0 Å². The summed E-state index contributed by atoms with van der Waals surface area (Å²) in [6, 6.07) is 10.2. The molecule has 1 saturated heterocycles. The summed E-state index contributed by atoms with van der Waals surface area (Å²) in [5.74, 6) is 0. The summed E-state index contributed by atoms with van der Waals surface area (Å²) in [6.07, 6.45) is 8.59. The number of hydrogen-bond acceptors (Lipinski definition) is 3. The molecule has 1 aliphatic rings. The lowest BCUT2D eigenvalue weighted by Crippen LogP contribution is -2.47. The van der Waals surface area contributed by atoms with E-state index in [1.54, 1.807) is 0 Å². The van der Waals surface area contributed by atoms with Crippen molar-refractivity contribution in [3.05, 3.63) is 35.9 Å². The standard InChI is InChI=1S/C21H36N2O/c1-3-4-14-20(21(2,24)19-12-7-5-8-13-19)22-15-11-18-23-16-9-6-10-17-23/h5,7-8,12-13,20,22,24H,3-4,6,9-11,14-18H2,1-2H3. The van der Waals surface area contributed by atoms with Crippen molar-refractivity contribution in [3.63, 3.8) is 0 Å². The zero-order valence-electron chi connectivity index (χ0n) is 15.6. The van der Waals surface area contributed by atoms with Crippen molar-refractivity contribution in [3.8, 4) is 0 Å². The molecule has 136 valence electrons. The number of aliphatic hydroxyl groups is 1. The minimum Gasteiger partial charge on any atom is -0.384 e. The molecule has 2 atom stereocenters. The smallest absolute Gasteiger partial charge is 0.102 e. The molecular formula is C21H36N2O. The van der Waals surface area contributed by atoms with Crippen LogP contribution < -0.4 is 5.32 Å². The lowest BCUT2D eigenvalue weighted by molar-refractivity contribution is 0.0108. The van der Waals surface area contributed by atoms with E-state index in [2.05, 4.69) is 17.1 Å². The Bertz CT molecular complexity index is 440. The van der Waals surface area contributed by atoms with Crippen molar-refractivity contribution in [2.75, 3.05) is 26.2 Å². The van der Waals surface area contributed by atoms with E-state index < -0.39 is 5.60 Å². The van der Waals surface area contributed by atoms with Crippen LogP contribution in [0.4, 0.5) is 0 Å². The van der Waals surface area contributed by atoms with E-state index in [4.69, 9.17) is 0 Å². The molecule has 0 amide bonds. The molecule has 1 aromatic carbocycles. The highest BCUT2D eigenvalue weighted by Crippen LogP contribution is 2.27. The molecule has 24 heavy (non-hydrogen) atoms. The van der Waals surface area contributed by atoms with Crippen LogP contribution in [0.2, 0.25) is 0 Å². The third-order valence-electron chi connectivity index (χ3n) is 5.37. The lowest BCUT2D eigenvalue weighted by Gasteiger charge is -2.35. The van der Waals surface area contributed by atoms with Crippen LogP contribution in [-0.4, -0.2) is 42.2 Å². The number of piperidine rings is 1. The van der Waals surface area contributed by atoms with Gasteiger partial charge in [-0.2, -0.15) is 0 Å². The summed E-state index contributed by atoms with van der Waals surface area (Å²) in [5.41, 5.74) is 0.191. The van der Waals surface area contributed by atoms with E-state index >= 15 is 0 Å². The van der Waals surface area contributed by atoms with Gasteiger partial charge in [-0.1, -0.05) is 56.5 Å². The average molecular weight is 333 g/mol. The second kappa shape index (κ2) is 10.2. The summed E-state index contributed by atoms with van der Waals surface area (Å²) in [7, 11) is 0. The third-order valence-corrected chi connectivity index (χ3v) is 5.37. The SMILES string of the molecule is CCCCC(NCCCN1CCCCC1)C(C)(O)c1ccccc1. The third kappa shape index (κ3) is 5.87. The van der Waals surface area contributed by atoms with Gasteiger partial charge in [0.15, 0.2) is 0 Å². The fraction of sp³-hybridized carbons (Fsp3) is 0.714. The van der Waals surface area contributed by atoms with Crippen LogP contribution in [0.15, 0.2) is 30.3 Å². The predicted molar refractivity (Wildman–Crippen MR) is 102 cm³/mol. The molecule has 1 fully saturated rings. The molecule has 2 rings (SSSR count). The van der Waals surface area contributed by atoms with Gasteiger partial charge in [0.05, 0.1) is 0 Å². The number of nitrogens with zero attached hydrogens (tertiary/aromatic N) is 1. The van der Waals surface area contributed by atoms with E-state index in [1.165, 1.54) is 38.9 Å². The van der Waals surface area contributed by atoms with Gasteiger partial charge >= 0.3 is 0 Å². The zero-order chi connectivity index (χ0) is 17.3. The van der Waals surface area contributed by atoms with E-state index in [0.717, 1.165) is 37.8 Å². The van der Waals surface area contributed by atoms with Crippen LogP contribution in [-0.2, 0) is 5.60 Å². The van der Waals surface area contributed by atoms with Crippen LogP contribution in [0.25, 0.3) is 0 Å². The quantitative estimate of drug-likeness (QED) is 0.638. The highest BCUT2D eigenvalue weighted by molar-refractivity contribution is 5.23. The highest BCUT2D eigenvalue weighted by atomic mass is 16.3. The molecule has 0 aromatic heterocycles. The molecule has 1 aliphatic heterocycles. The Morgan fingerprint density at radius 2 is 1.83 bits per heavy atom. The normalized spacial score (nSPS) is 19.8. The van der Waals surface area contributed by atoms with Crippen molar-refractivity contribution in [2.45, 2.75) is 70.4 Å². The van der Waals surface area contributed by atoms with Crippen LogP contribution in [0.3, 0.4) is 0 Å². The topological polar surface area (TPSA) is 35.5 Å². The second-order valence-electron chi connectivity index (χ2n) is 7.42. The average Bonchev–Trinajstić information content (AvgIpc) is 2.62. The summed E-state index contributed by atoms with van der Waals surface area (Å²) in [5, 5.41) is 14.8. The highest BCUT2D eigenvalue weighted by Gasteiger charge is 2.32. The Hall–Kier alpha value is -0.900. The van der Waals surface area contributed by atoms with E-state index in [0.29, 0.717) is 0 Å². The Morgan fingerprint density at radius 3 is 2.50 bits per heavy atom. The molecule has 0 spiro atoms. The van der Waals surface area contributed by atoms with Crippen LogP contribution in [0.1, 0.15) is 64.4 Å². The molecule has 0 saturated carbocycles. The zero-order valence-corrected chi connectivity index (χ0v) is 15.6. The molecule has 2 N–H and O–H groups in total. The molecule has 0 aliphatic carbocycles. The first kappa shape index (κ1) is 19.4. The monoisotopic (exact) mass is 332 g/mol. The number of benzene rings is 1. The Labute approximate surface area is 148 Å². The summed E-state index contributed by atoms with van der Waals surface area (Å²) >= 11 is 0. The predicted octanol–water partition coefficient (Wildman–Crippen LogP) is 3.92. The molecule has 3 heteroatoms. The number of nitrogens with one attached hydrogen (secondary N) is 1. The minimum absolute atomic E-state index is 0.112. The van der Waals surface area contributed by atoms with Crippen molar-refractivity contribution >= 4 is 0 Å². The molecule has 1 aromatic rings. The Kier molecular flexibility index (Phi) is 8.23. The molecular weight excluding hydrogens is 296 g/mol. The minimum atomic E-state index is -0.818. The van der Waals surface area contributed by atoms with E-state index in [9.17, 15) is 5.11 Å². The number of rotatable bonds is 10. The molecule has 3 nitrogen and oxygen atoms in total. The molecule has 0 bridgehead atoms. The van der Waals surface area contributed by atoms with Gasteiger partial charge in [0.25, 0.3) is 0 Å². The van der Waals surface area contributed by atoms with E-state index in [1.807, 2.05) is 37.3 Å². The lowest BCUT2D eigenvalue weighted by atomic mass is 9.85. The number of hydrogen-bond donors (Lipinski definition) is 2. The Balaban J connectivity index is 1.85. The van der Waals surface area contributed by atoms with E-state index in [-0.39, 0.29) is 6.04 Å². The maximum absolute atomic E-state index is 11.1. The van der Waals surface area contributed by atoms with Gasteiger partial charge in [0.2, 0.25) is 0 Å². The van der Waals surface area contributed by atoms with Crippen molar-refractivity contribution in [2.24, 2.45) is 0 Å². The summed E-state index contributed by atoms with van der Waals surface area (Å²) in [4.78, 5) is 2.58. The maximum Gasteiger partial charge on any atom is 0.102 e. The fourth-order valence-electron chi connectivity index (χ4n) is 3.73. The van der Waals surface area contributed by atoms with Gasteiger partial charge in [-0.3, -0.25) is 0 Å². The number of likely N-dealkylation sites (tertiary alicyclic amines) is 1. The van der Waals surface area contributed by atoms with Gasteiger partial charge in [0, 0.05) is 6.04 Å². The second-order valence-corrected chi connectivity index (χ2v) is 7.42. The van der Waals surface area contributed by atoms with Crippen molar-refractivity contribution in [1.82, 2.24) is 10.2 Å². The first-order chi connectivity index (χ1) is 11.6. The summed E-state index contributed by atoms with van der Waals surface area (Å²) in [6.45, 7) is 8.86. The van der Waals surface area contributed by atoms with Crippen LogP contribution in [0, 0.1) is 0 Å². The van der Waals surface area contributed by atoms with Gasteiger partial charge < -0.3 is 15.3 Å². The van der Waals surface area contributed by atoms with Crippen LogP contribution >= 0.6 is 0 Å². The first-order valence-electron chi connectivity index (χ1n) is 9.88. The molecule has 0 radical (unpaired) electrons. The van der Waals surface area contributed by atoms with Gasteiger partial charge in [-0.05, 0) is 64.3 Å². The van der Waals surface area contributed by atoms with Gasteiger partial charge in [0.1, 0.15) is 5.60 Å². The first-order valence-corrected chi connectivity index (χ1v) is 9.88.